The number of aromatic nitrogens is 2. The van der Waals surface area contributed by atoms with Gasteiger partial charge in [-0.3, -0.25) is 14.3 Å². The van der Waals surface area contributed by atoms with Gasteiger partial charge in [0, 0.05) is 18.9 Å². The van der Waals surface area contributed by atoms with Crippen molar-refractivity contribution in [3.05, 3.63) is 53.9 Å². The SMILES string of the molecule is Cc1cccc(C[C@H](CNC(=O)[C@H](C)n2cccn2)C(=O)O)c1. The van der Waals surface area contributed by atoms with E-state index in [2.05, 4.69) is 10.4 Å². The molecule has 2 atom stereocenters. The lowest BCUT2D eigenvalue weighted by Crippen LogP contribution is -2.37. The summed E-state index contributed by atoms with van der Waals surface area (Å²) in [6, 6.07) is 9.00. The van der Waals surface area contributed by atoms with Crippen LogP contribution < -0.4 is 5.32 Å². The molecule has 0 radical (unpaired) electrons. The van der Waals surface area contributed by atoms with E-state index in [0.717, 1.165) is 11.1 Å². The highest BCUT2D eigenvalue weighted by molar-refractivity contribution is 5.80. The second-order valence-electron chi connectivity index (χ2n) is 5.64. The molecular weight excluding hydrogens is 294 g/mol. The van der Waals surface area contributed by atoms with Gasteiger partial charge >= 0.3 is 5.97 Å². The van der Waals surface area contributed by atoms with Crippen LogP contribution in [0.4, 0.5) is 0 Å². The quantitative estimate of drug-likeness (QED) is 0.816. The minimum Gasteiger partial charge on any atom is -0.481 e. The highest BCUT2D eigenvalue weighted by Gasteiger charge is 2.21. The molecule has 122 valence electrons. The molecule has 0 aliphatic heterocycles. The van der Waals surface area contributed by atoms with Crippen LogP contribution in [0.2, 0.25) is 0 Å². The Morgan fingerprint density at radius 3 is 2.74 bits per heavy atom. The average Bonchev–Trinajstić information content (AvgIpc) is 3.04. The van der Waals surface area contributed by atoms with Gasteiger partial charge in [-0.25, -0.2) is 0 Å². The zero-order valence-corrected chi connectivity index (χ0v) is 13.3. The van der Waals surface area contributed by atoms with Crippen LogP contribution >= 0.6 is 0 Å². The summed E-state index contributed by atoms with van der Waals surface area (Å²) in [7, 11) is 0. The third-order valence-corrected chi connectivity index (χ3v) is 3.74. The number of benzene rings is 1. The number of amides is 1. The summed E-state index contributed by atoms with van der Waals surface area (Å²) in [5, 5.41) is 16.1. The summed E-state index contributed by atoms with van der Waals surface area (Å²) >= 11 is 0. The van der Waals surface area contributed by atoms with Gasteiger partial charge in [0.2, 0.25) is 5.91 Å². The number of nitrogens with one attached hydrogen (secondary N) is 1. The zero-order valence-electron chi connectivity index (χ0n) is 13.3. The Labute approximate surface area is 135 Å². The molecule has 0 saturated heterocycles. The van der Waals surface area contributed by atoms with E-state index in [4.69, 9.17) is 0 Å². The van der Waals surface area contributed by atoms with Gasteiger partial charge in [0.1, 0.15) is 6.04 Å². The van der Waals surface area contributed by atoms with E-state index in [9.17, 15) is 14.7 Å². The number of rotatable bonds is 7. The molecular formula is C17H21N3O3. The predicted octanol–water partition coefficient (Wildman–Crippen LogP) is 1.81. The minimum absolute atomic E-state index is 0.0910. The van der Waals surface area contributed by atoms with E-state index in [0.29, 0.717) is 6.42 Å². The lowest BCUT2D eigenvalue weighted by Gasteiger charge is -2.17. The summed E-state index contributed by atoms with van der Waals surface area (Å²) in [6.45, 7) is 3.78. The van der Waals surface area contributed by atoms with Crippen LogP contribution in [-0.4, -0.2) is 33.3 Å². The van der Waals surface area contributed by atoms with Crippen molar-refractivity contribution in [2.75, 3.05) is 6.54 Å². The molecule has 1 heterocycles. The Bertz CT molecular complexity index is 667. The van der Waals surface area contributed by atoms with Crippen LogP contribution in [0.5, 0.6) is 0 Å². The van der Waals surface area contributed by atoms with E-state index in [-0.39, 0.29) is 12.5 Å². The van der Waals surface area contributed by atoms with Crippen molar-refractivity contribution >= 4 is 11.9 Å². The molecule has 0 aliphatic rings. The normalized spacial score (nSPS) is 13.3. The number of hydrogen-bond donors (Lipinski definition) is 2. The summed E-state index contributed by atoms with van der Waals surface area (Å²) in [6.07, 6.45) is 3.68. The largest absolute Gasteiger partial charge is 0.481 e. The lowest BCUT2D eigenvalue weighted by atomic mass is 9.98. The Morgan fingerprint density at radius 1 is 1.35 bits per heavy atom. The number of carbonyl (C=O) groups is 2. The molecule has 2 rings (SSSR count). The third kappa shape index (κ3) is 4.67. The summed E-state index contributed by atoms with van der Waals surface area (Å²) in [5.41, 5.74) is 2.04. The first-order chi connectivity index (χ1) is 11.0. The molecule has 1 aromatic heterocycles. The molecule has 2 aromatic rings. The van der Waals surface area contributed by atoms with Crippen LogP contribution in [0.3, 0.4) is 0 Å². The predicted molar refractivity (Wildman–Crippen MR) is 86.0 cm³/mol. The molecule has 0 unspecified atom stereocenters. The first-order valence-corrected chi connectivity index (χ1v) is 7.52. The van der Waals surface area contributed by atoms with E-state index in [1.807, 2.05) is 31.2 Å². The van der Waals surface area contributed by atoms with Crippen molar-refractivity contribution in [3.63, 3.8) is 0 Å². The Kier molecular flexibility index (Phi) is 5.51. The van der Waals surface area contributed by atoms with Crippen LogP contribution in [0, 0.1) is 12.8 Å². The second kappa shape index (κ2) is 7.58. The van der Waals surface area contributed by atoms with Crippen LogP contribution in [0.1, 0.15) is 24.1 Å². The van der Waals surface area contributed by atoms with Gasteiger partial charge in [-0.05, 0) is 31.9 Å². The molecule has 23 heavy (non-hydrogen) atoms. The minimum atomic E-state index is -0.918. The highest BCUT2D eigenvalue weighted by atomic mass is 16.4. The molecule has 6 heteroatoms. The van der Waals surface area contributed by atoms with Gasteiger partial charge in [0.25, 0.3) is 0 Å². The topological polar surface area (TPSA) is 84.2 Å². The molecule has 2 N–H and O–H groups in total. The number of nitrogens with zero attached hydrogens (tertiary/aromatic N) is 2. The molecule has 0 saturated carbocycles. The van der Waals surface area contributed by atoms with Crippen LogP contribution in [-0.2, 0) is 16.0 Å². The number of hydrogen-bond acceptors (Lipinski definition) is 3. The summed E-state index contributed by atoms with van der Waals surface area (Å²) in [5.74, 6) is -1.83. The zero-order chi connectivity index (χ0) is 16.8. The molecule has 0 spiro atoms. The van der Waals surface area contributed by atoms with Crippen molar-refractivity contribution in [1.29, 1.82) is 0 Å². The van der Waals surface area contributed by atoms with E-state index < -0.39 is 17.9 Å². The molecule has 0 fully saturated rings. The Hall–Kier alpha value is -2.63. The molecule has 0 bridgehead atoms. The van der Waals surface area contributed by atoms with Crippen molar-refractivity contribution in [3.8, 4) is 0 Å². The fraction of sp³-hybridized carbons (Fsp3) is 0.353. The fourth-order valence-corrected chi connectivity index (χ4v) is 2.37. The first kappa shape index (κ1) is 16.7. The second-order valence-corrected chi connectivity index (χ2v) is 5.64. The van der Waals surface area contributed by atoms with Crippen molar-refractivity contribution in [1.82, 2.24) is 15.1 Å². The van der Waals surface area contributed by atoms with Crippen LogP contribution in [0.25, 0.3) is 0 Å². The summed E-state index contributed by atoms with van der Waals surface area (Å²) in [4.78, 5) is 23.5. The fourth-order valence-electron chi connectivity index (χ4n) is 2.37. The van der Waals surface area contributed by atoms with Gasteiger partial charge in [-0.15, -0.1) is 0 Å². The smallest absolute Gasteiger partial charge is 0.308 e. The third-order valence-electron chi connectivity index (χ3n) is 3.74. The van der Waals surface area contributed by atoms with E-state index in [1.54, 1.807) is 25.4 Å². The number of carboxylic acids is 1. The van der Waals surface area contributed by atoms with Crippen molar-refractivity contribution in [2.24, 2.45) is 5.92 Å². The van der Waals surface area contributed by atoms with E-state index >= 15 is 0 Å². The van der Waals surface area contributed by atoms with Gasteiger partial charge in [0.05, 0.1) is 5.92 Å². The number of carbonyl (C=O) groups excluding carboxylic acids is 1. The standard InChI is InChI=1S/C17H21N3O3/c1-12-5-3-6-14(9-12)10-15(17(22)23)11-18-16(21)13(2)20-8-4-7-19-20/h3-9,13,15H,10-11H2,1-2H3,(H,18,21)(H,22,23)/t13-,15+/m0/s1. The molecule has 0 aliphatic carbocycles. The number of aliphatic carboxylic acids is 1. The Morgan fingerprint density at radius 2 is 2.13 bits per heavy atom. The molecule has 6 nitrogen and oxygen atoms in total. The monoisotopic (exact) mass is 315 g/mol. The van der Waals surface area contributed by atoms with Gasteiger partial charge in [-0.1, -0.05) is 29.8 Å². The lowest BCUT2D eigenvalue weighted by molar-refractivity contribution is -0.141. The number of aryl methyl sites for hydroxylation is 1. The van der Waals surface area contributed by atoms with Crippen LogP contribution in [0.15, 0.2) is 42.7 Å². The van der Waals surface area contributed by atoms with Gasteiger partial charge in [-0.2, -0.15) is 5.10 Å². The van der Waals surface area contributed by atoms with Gasteiger partial charge < -0.3 is 10.4 Å². The summed E-state index contributed by atoms with van der Waals surface area (Å²) < 4.78 is 1.53. The molecule has 1 amide bonds. The maximum absolute atomic E-state index is 12.1. The van der Waals surface area contributed by atoms with Gasteiger partial charge in [0.15, 0.2) is 0 Å². The Balaban J connectivity index is 1.94. The first-order valence-electron chi connectivity index (χ1n) is 7.52. The maximum Gasteiger partial charge on any atom is 0.308 e. The average molecular weight is 315 g/mol. The highest BCUT2D eigenvalue weighted by Crippen LogP contribution is 2.11. The van der Waals surface area contributed by atoms with E-state index in [1.165, 1.54) is 4.68 Å². The molecule has 1 aromatic carbocycles. The van der Waals surface area contributed by atoms with Crippen molar-refractivity contribution in [2.45, 2.75) is 26.3 Å². The number of carboxylic acid groups (broad SMARTS) is 1. The van der Waals surface area contributed by atoms with Crippen molar-refractivity contribution < 1.29 is 14.7 Å². The maximum atomic E-state index is 12.1.